The molecule has 0 aromatic carbocycles. The van der Waals surface area contributed by atoms with Crippen molar-refractivity contribution >= 4 is 33.6 Å². The Morgan fingerprint density at radius 2 is 1.76 bits per heavy atom. The molecule has 0 unspecified atom stereocenters. The Balaban J connectivity index is 0.000000181. The van der Waals surface area contributed by atoms with Gasteiger partial charge >= 0.3 is 0 Å². The fourth-order valence-corrected chi connectivity index (χ4v) is 3.68. The molecule has 0 radical (unpaired) electrons. The molecule has 17 heavy (non-hydrogen) atoms. The van der Waals surface area contributed by atoms with E-state index >= 15 is 0 Å². The van der Waals surface area contributed by atoms with Crippen molar-refractivity contribution in [1.29, 1.82) is 0 Å². The fraction of sp³-hybridized carbons (Fsp3) is 0.643. The fourth-order valence-electron chi connectivity index (χ4n) is 2.00. The SMILES string of the molecule is CC1CCCCC1.Cc1c(Br)sc(C=O)c1C. The molecule has 0 N–H and O–H groups in total. The molecule has 1 heterocycles. The smallest absolute Gasteiger partial charge is 0.160 e. The summed E-state index contributed by atoms with van der Waals surface area (Å²) in [7, 11) is 0. The van der Waals surface area contributed by atoms with Gasteiger partial charge in [0.05, 0.1) is 8.66 Å². The second-order valence-electron chi connectivity index (χ2n) is 4.85. The standard InChI is InChI=1S/C7H7BrOS.C7H14/c1-4-5(2)7(8)10-6(4)3-9;1-7-5-3-2-4-6-7/h3H,1-2H3;7H,2-6H2,1H3. The van der Waals surface area contributed by atoms with Crippen LogP contribution >= 0.6 is 27.3 Å². The van der Waals surface area contributed by atoms with Crippen molar-refractivity contribution in [2.24, 2.45) is 5.92 Å². The van der Waals surface area contributed by atoms with Crippen LogP contribution in [0.15, 0.2) is 3.79 Å². The quantitative estimate of drug-likeness (QED) is 0.623. The highest BCUT2D eigenvalue weighted by Crippen LogP contribution is 2.30. The number of aldehydes is 1. The van der Waals surface area contributed by atoms with Crippen LogP contribution < -0.4 is 0 Å². The predicted octanol–water partition coefficient (Wildman–Crippen LogP) is 5.53. The Labute approximate surface area is 117 Å². The summed E-state index contributed by atoms with van der Waals surface area (Å²) in [6.45, 7) is 6.32. The lowest BCUT2D eigenvalue weighted by Crippen LogP contribution is -1.99. The first-order chi connectivity index (χ1) is 8.06. The summed E-state index contributed by atoms with van der Waals surface area (Å²) in [6, 6.07) is 0. The van der Waals surface area contributed by atoms with Gasteiger partial charge in [-0.05, 0) is 46.8 Å². The molecular formula is C14H21BrOS. The molecule has 0 atom stereocenters. The minimum Gasteiger partial charge on any atom is -0.297 e. The number of hydrogen-bond donors (Lipinski definition) is 0. The molecule has 1 saturated carbocycles. The average Bonchev–Trinajstić information content (AvgIpc) is 2.58. The maximum atomic E-state index is 10.4. The summed E-state index contributed by atoms with van der Waals surface area (Å²) in [5.74, 6) is 1.04. The van der Waals surface area contributed by atoms with Crippen LogP contribution in [0.4, 0.5) is 0 Å². The minimum absolute atomic E-state index is 0.823. The van der Waals surface area contributed by atoms with Gasteiger partial charge in [-0.15, -0.1) is 11.3 Å². The molecule has 3 heteroatoms. The van der Waals surface area contributed by atoms with E-state index in [4.69, 9.17) is 0 Å². The van der Waals surface area contributed by atoms with Gasteiger partial charge in [-0.1, -0.05) is 39.0 Å². The van der Waals surface area contributed by atoms with Crippen molar-refractivity contribution in [3.63, 3.8) is 0 Å². The van der Waals surface area contributed by atoms with Crippen molar-refractivity contribution in [1.82, 2.24) is 0 Å². The van der Waals surface area contributed by atoms with Gasteiger partial charge in [-0.2, -0.15) is 0 Å². The van der Waals surface area contributed by atoms with E-state index in [1.807, 2.05) is 13.8 Å². The Kier molecular flexibility index (Phi) is 6.42. The summed E-state index contributed by atoms with van der Waals surface area (Å²) >= 11 is 4.86. The van der Waals surface area contributed by atoms with Gasteiger partial charge in [-0.25, -0.2) is 0 Å². The Morgan fingerprint density at radius 1 is 1.18 bits per heavy atom. The number of carbonyl (C=O) groups excluding carboxylic acids is 1. The average molecular weight is 317 g/mol. The van der Waals surface area contributed by atoms with Crippen LogP contribution in [-0.2, 0) is 0 Å². The zero-order chi connectivity index (χ0) is 12.8. The monoisotopic (exact) mass is 316 g/mol. The Hall–Kier alpha value is -0.150. The van der Waals surface area contributed by atoms with Crippen molar-refractivity contribution in [2.75, 3.05) is 0 Å². The van der Waals surface area contributed by atoms with Gasteiger partial charge in [0, 0.05) is 0 Å². The zero-order valence-electron chi connectivity index (χ0n) is 10.9. The van der Waals surface area contributed by atoms with E-state index in [0.717, 1.165) is 26.4 Å². The predicted molar refractivity (Wildman–Crippen MR) is 79.1 cm³/mol. The van der Waals surface area contributed by atoms with Crippen molar-refractivity contribution in [3.8, 4) is 0 Å². The molecule has 0 saturated heterocycles. The first-order valence-corrected chi connectivity index (χ1v) is 7.87. The zero-order valence-corrected chi connectivity index (χ0v) is 13.3. The molecule has 0 aliphatic heterocycles. The summed E-state index contributed by atoms with van der Waals surface area (Å²) < 4.78 is 1.06. The number of halogens is 1. The van der Waals surface area contributed by atoms with Crippen LogP contribution in [0.5, 0.6) is 0 Å². The molecule has 96 valence electrons. The minimum atomic E-state index is 0.823. The van der Waals surface area contributed by atoms with E-state index in [2.05, 4.69) is 22.9 Å². The largest absolute Gasteiger partial charge is 0.297 e. The van der Waals surface area contributed by atoms with Crippen LogP contribution in [0.1, 0.15) is 59.8 Å². The topological polar surface area (TPSA) is 17.1 Å². The Morgan fingerprint density at radius 3 is 2.00 bits per heavy atom. The lowest BCUT2D eigenvalue weighted by molar-refractivity contribution is 0.112. The third kappa shape index (κ3) is 4.55. The van der Waals surface area contributed by atoms with Gasteiger partial charge in [0.2, 0.25) is 0 Å². The summed E-state index contributed by atoms with van der Waals surface area (Å²) in [4.78, 5) is 11.2. The summed E-state index contributed by atoms with van der Waals surface area (Å²) in [6.07, 6.45) is 8.34. The molecule has 1 aliphatic rings. The summed E-state index contributed by atoms with van der Waals surface area (Å²) in [5.41, 5.74) is 2.26. The molecule has 2 rings (SSSR count). The maximum Gasteiger partial charge on any atom is 0.160 e. The molecule has 1 aromatic heterocycles. The number of hydrogen-bond acceptors (Lipinski definition) is 2. The van der Waals surface area contributed by atoms with Crippen LogP contribution in [-0.4, -0.2) is 6.29 Å². The molecule has 1 aromatic rings. The molecule has 1 nitrogen and oxygen atoms in total. The number of rotatable bonds is 1. The van der Waals surface area contributed by atoms with Crippen molar-refractivity contribution in [3.05, 3.63) is 19.8 Å². The second-order valence-corrected chi connectivity index (χ2v) is 7.22. The van der Waals surface area contributed by atoms with E-state index in [0.29, 0.717) is 0 Å². The number of carbonyl (C=O) groups is 1. The van der Waals surface area contributed by atoms with Crippen LogP contribution in [0.25, 0.3) is 0 Å². The molecule has 1 aliphatic carbocycles. The van der Waals surface area contributed by atoms with Gasteiger partial charge in [-0.3, -0.25) is 4.79 Å². The highest BCUT2D eigenvalue weighted by Gasteiger charge is 2.07. The highest BCUT2D eigenvalue weighted by molar-refractivity contribution is 9.11. The van der Waals surface area contributed by atoms with Crippen LogP contribution in [0, 0.1) is 19.8 Å². The third-order valence-corrected chi connectivity index (χ3v) is 5.62. The van der Waals surface area contributed by atoms with Gasteiger partial charge in [0.1, 0.15) is 0 Å². The Bertz CT molecular complexity index is 365. The molecule has 1 fully saturated rings. The van der Waals surface area contributed by atoms with E-state index < -0.39 is 0 Å². The molecule has 0 bridgehead atoms. The van der Waals surface area contributed by atoms with E-state index in [-0.39, 0.29) is 0 Å². The van der Waals surface area contributed by atoms with Crippen LogP contribution in [0.3, 0.4) is 0 Å². The first-order valence-electron chi connectivity index (χ1n) is 6.27. The number of thiophene rings is 1. The molecule has 0 spiro atoms. The van der Waals surface area contributed by atoms with E-state index in [1.54, 1.807) is 0 Å². The summed E-state index contributed by atoms with van der Waals surface area (Å²) in [5, 5.41) is 0. The lowest BCUT2D eigenvalue weighted by Gasteiger charge is -2.15. The third-order valence-electron chi connectivity index (χ3n) is 3.43. The van der Waals surface area contributed by atoms with Gasteiger partial charge in [0.25, 0.3) is 0 Å². The highest BCUT2D eigenvalue weighted by atomic mass is 79.9. The lowest BCUT2D eigenvalue weighted by atomic mass is 9.91. The van der Waals surface area contributed by atoms with Gasteiger partial charge < -0.3 is 0 Å². The second kappa shape index (κ2) is 7.32. The van der Waals surface area contributed by atoms with Crippen LogP contribution in [0.2, 0.25) is 0 Å². The van der Waals surface area contributed by atoms with Gasteiger partial charge in [0.15, 0.2) is 6.29 Å². The molecule has 0 amide bonds. The maximum absolute atomic E-state index is 10.4. The van der Waals surface area contributed by atoms with Crippen molar-refractivity contribution in [2.45, 2.75) is 52.9 Å². The first kappa shape index (κ1) is 14.9. The molecular weight excluding hydrogens is 296 g/mol. The van der Waals surface area contributed by atoms with E-state index in [9.17, 15) is 4.79 Å². The normalized spacial score (nSPS) is 16.2. The van der Waals surface area contributed by atoms with E-state index in [1.165, 1.54) is 49.0 Å². The van der Waals surface area contributed by atoms with Crippen molar-refractivity contribution < 1.29 is 4.79 Å².